The Bertz CT molecular complexity index is 736. The smallest absolute Gasteiger partial charge is 0.0708 e. The maximum absolute atomic E-state index is 4.58. The Morgan fingerprint density at radius 3 is 2.85 bits per heavy atom. The van der Waals surface area contributed by atoms with Crippen LogP contribution in [0.3, 0.4) is 0 Å². The van der Waals surface area contributed by atoms with E-state index >= 15 is 0 Å². The van der Waals surface area contributed by atoms with Crippen LogP contribution in [0.5, 0.6) is 0 Å². The quantitative estimate of drug-likeness (QED) is 0.743. The average molecular weight is 347 g/mol. The Balaban J connectivity index is 1.79. The molecule has 1 N–H and O–H groups in total. The first-order valence-electron chi connectivity index (χ1n) is 6.52. The third-order valence-corrected chi connectivity index (χ3v) is 5.15. The second-order valence-electron chi connectivity index (χ2n) is 4.74. The Morgan fingerprint density at radius 2 is 2.05 bits per heavy atom. The van der Waals surface area contributed by atoms with Gasteiger partial charge in [-0.25, -0.2) is 0 Å². The summed E-state index contributed by atoms with van der Waals surface area (Å²) in [7, 11) is 0. The van der Waals surface area contributed by atoms with Crippen LogP contribution >= 0.6 is 27.3 Å². The molecule has 1 aromatic carbocycles. The van der Waals surface area contributed by atoms with E-state index in [2.05, 4.69) is 61.9 Å². The van der Waals surface area contributed by atoms with Crippen LogP contribution in [0.1, 0.15) is 16.1 Å². The fraction of sp³-hybridized carbons (Fsp3) is 0.188. The number of aryl methyl sites for hydroxylation is 1. The lowest BCUT2D eigenvalue weighted by atomic mass is 10.1. The van der Waals surface area contributed by atoms with Crippen LogP contribution in [-0.2, 0) is 13.1 Å². The average Bonchev–Trinajstić information content (AvgIpc) is 2.84. The number of thiophene rings is 1. The topological polar surface area (TPSA) is 24.9 Å². The molecule has 0 aliphatic rings. The van der Waals surface area contributed by atoms with Crippen molar-refractivity contribution in [1.29, 1.82) is 0 Å². The van der Waals surface area contributed by atoms with Gasteiger partial charge in [0.05, 0.1) is 5.52 Å². The number of hydrogen-bond donors (Lipinski definition) is 1. The molecule has 2 heterocycles. The Labute approximate surface area is 131 Å². The first-order valence-corrected chi connectivity index (χ1v) is 8.19. The van der Waals surface area contributed by atoms with E-state index in [1.165, 1.54) is 20.3 Å². The van der Waals surface area contributed by atoms with Gasteiger partial charge in [-0.15, -0.1) is 11.3 Å². The summed E-state index contributed by atoms with van der Waals surface area (Å²) >= 11 is 5.33. The zero-order valence-corrected chi connectivity index (χ0v) is 13.6. The van der Waals surface area contributed by atoms with Gasteiger partial charge in [-0.05, 0) is 52.0 Å². The van der Waals surface area contributed by atoms with E-state index < -0.39 is 0 Å². The minimum absolute atomic E-state index is 0.855. The largest absolute Gasteiger partial charge is 0.308 e. The van der Waals surface area contributed by atoms with E-state index in [0.717, 1.165) is 24.3 Å². The summed E-state index contributed by atoms with van der Waals surface area (Å²) in [5.74, 6) is 0. The monoisotopic (exact) mass is 346 g/mol. The van der Waals surface area contributed by atoms with Gasteiger partial charge in [0.25, 0.3) is 0 Å². The predicted molar refractivity (Wildman–Crippen MR) is 89.0 cm³/mol. The summed E-state index contributed by atoms with van der Waals surface area (Å²) in [6, 6.07) is 12.6. The summed E-state index contributed by atoms with van der Waals surface area (Å²) in [5.41, 5.74) is 3.44. The predicted octanol–water partition coefficient (Wildman–Crippen LogP) is 4.66. The van der Waals surface area contributed by atoms with Crippen molar-refractivity contribution in [2.45, 2.75) is 20.0 Å². The molecule has 0 saturated heterocycles. The first kappa shape index (κ1) is 13.7. The van der Waals surface area contributed by atoms with E-state index in [1.54, 1.807) is 11.3 Å². The lowest BCUT2D eigenvalue weighted by Gasteiger charge is -2.09. The minimum atomic E-state index is 0.855. The van der Waals surface area contributed by atoms with Gasteiger partial charge in [0, 0.05) is 33.5 Å². The molecule has 0 aliphatic heterocycles. The molecule has 3 rings (SSSR count). The molecule has 20 heavy (non-hydrogen) atoms. The highest BCUT2D eigenvalue weighted by Gasteiger charge is 2.05. The molecule has 0 fully saturated rings. The van der Waals surface area contributed by atoms with Crippen molar-refractivity contribution in [1.82, 2.24) is 10.3 Å². The maximum Gasteiger partial charge on any atom is 0.0708 e. The summed E-state index contributed by atoms with van der Waals surface area (Å²) in [6.45, 7) is 3.79. The maximum atomic E-state index is 4.58. The van der Waals surface area contributed by atoms with Crippen LogP contribution in [-0.4, -0.2) is 4.98 Å². The van der Waals surface area contributed by atoms with Gasteiger partial charge >= 0.3 is 0 Å². The van der Waals surface area contributed by atoms with E-state index in [4.69, 9.17) is 0 Å². The minimum Gasteiger partial charge on any atom is -0.308 e. The van der Waals surface area contributed by atoms with Crippen LogP contribution in [0.25, 0.3) is 10.9 Å². The van der Waals surface area contributed by atoms with Crippen molar-refractivity contribution in [3.63, 3.8) is 0 Å². The number of nitrogens with one attached hydrogen (secondary N) is 1. The van der Waals surface area contributed by atoms with Gasteiger partial charge in [0.2, 0.25) is 0 Å². The number of para-hydroxylation sites is 1. The second kappa shape index (κ2) is 6.04. The number of aromatic nitrogens is 1. The standard InChI is InChI=1S/C16H15BrN2S/c1-11-8-12(13-4-2-3-5-15(13)19-11)9-18-10-16-14(17)6-7-20-16/h2-8,18H,9-10H2,1H3. The number of benzene rings is 1. The Morgan fingerprint density at radius 1 is 1.20 bits per heavy atom. The summed E-state index contributed by atoms with van der Waals surface area (Å²) in [6.07, 6.45) is 0. The van der Waals surface area contributed by atoms with Gasteiger partial charge in [0.15, 0.2) is 0 Å². The van der Waals surface area contributed by atoms with Gasteiger partial charge in [0.1, 0.15) is 0 Å². The molecule has 0 bridgehead atoms. The molecule has 4 heteroatoms. The highest BCUT2D eigenvalue weighted by atomic mass is 79.9. The van der Waals surface area contributed by atoms with E-state index in [0.29, 0.717) is 0 Å². The molecule has 0 atom stereocenters. The van der Waals surface area contributed by atoms with Crippen molar-refractivity contribution in [3.8, 4) is 0 Å². The summed E-state index contributed by atoms with van der Waals surface area (Å²) in [5, 5.41) is 6.85. The number of fused-ring (bicyclic) bond motifs is 1. The van der Waals surface area contributed by atoms with Gasteiger partial charge in [-0.2, -0.15) is 0 Å². The molecule has 102 valence electrons. The lowest BCUT2D eigenvalue weighted by molar-refractivity contribution is 0.702. The highest BCUT2D eigenvalue weighted by Crippen LogP contribution is 2.23. The highest BCUT2D eigenvalue weighted by molar-refractivity contribution is 9.10. The molecule has 2 nitrogen and oxygen atoms in total. The number of hydrogen-bond acceptors (Lipinski definition) is 3. The van der Waals surface area contributed by atoms with Crippen molar-refractivity contribution in [2.24, 2.45) is 0 Å². The van der Waals surface area contributed by atoms with Crippen molar-refractivity contribution < 1.29 is 0 Å². The molecular weight excluding hydrogens is 332 g/mol. The number of nitrogens with zero attached hydrogens (tertiary/aromatic N) is 1. The van der Waals surface area contributed by atoms with Crippen LogP contribution < -0.4 is 5.32 Å². The molecule has 0 saturated carbocycles. The third kappa shape index (κ3) is 2.92. The van der Waals surface area contributed by atoms with Crippen LogP contribution in [0.4, 0.5) is 0 Å². The number of pyridine rings is 1. The normalized spacial score (nSPS) is 11.1. The molecule has 0 unspecified atom stereocenters. The third-order valence-electron chi connectivity index (χ3n) is 3.22. The SMILES string of the molecule is Cc1cc(CNCc2sccc2Br)c2ccccc2n1. The van der Waals surface area contributed by atoms with Crippen molar-refractivity contribution >= 4 is 38.2 Å². The van der Waals surface area contributed by atoms with Crippen LogP contribution in [0, 0.1) is 6.92 Å². The van der Waals surface area contributed by atoms with E-state index in [9.17, 15) is 0 Å². The van der Waals surface area contributed by atoms with Crippen LogP contribution in [0.2, 0.25) is 0 Å². The Kier molecular flexibility index (Phi) is 4.15. The summed E-state index contributed by atoms with van der Waals surface area (Å²) in [4.78, 5) is 5.91. The first-order chi connectivity index (χ1) is 9.74. The van der Waals surface area contributed by atoms with Crippen molar-refractivity contribution in [3.05, 3.63) is 62.4 Å². The number of rotatable bonds is 4. The fourth-order valence-corrected chi connectivity index (χ4v) is 3.77. The Hall–Kier alpha value is -1.23. The van der Waals surface area contributed by atoms with Gasteiger partial charge in [-0.1, -0.05) is 18.2 Å². The van der Waals surface area contributed by atoms with Gasteiger partial charge in [-0.3, -0.25) is 4.98 Å². The molecule has 0 amide bonds. The zero-order valence-electron chi connectivity index (χ0n) is 11.2. The lowest BCUT2D eigenvalue weighted by Crippen LogP contribution is -2.12. The second-order valence-corrected chi connectivity index (χ2v) is 6.59. The van der Waals surface area contributed by atoms with Crippen LogP contribution in [0.15, 0.2) is 46.3 Å². The van der Waals surface area contributed by atoms with E-state index in [1.807, 2.05) is 13.0 Å². The molecule has 0 spiro atoms. The molecular formula is C16H15BrN2S. The molecule has 0 aliphatic carbocycles. The van der Waals surface area contributed by atoms with E-state index in [-0.39, 0.29) is 0 Å². The fourth-order valence-electron chi connectivity index (χ4n) is 2.30. The number of halogens is 1. The summed E-state index contributed by atoms with van der Waals surface area (Å²) < 4.78 is 1.19. The van der Waals surface area contributed by atoms with Crippen molar-refractivity contribution in [2.75, 3.05) is 0 Å². The van der Waals surface area contributed by atoms with Gasteiger partial charge < -0.3 is 5.32 Å². The molecule has 2 aromatic heterocycles. The molecule has 0 radical (unpaired) electrons. The zero-order chi connectivity index (χ0) is 13.9. The molecule has 3 aromatic rings.